The molecule has 4 saturated carbocycles. The van der Waals surface area contributed by atoms with Gasteiger partial charge in [0.05, 0.1) is 6.07 Å². The van der Waals surface area contributed by atoms with Crippen LogP contribution in [0.25, 0.3) is 0 Å². The number of nitrogens with one attached hydrogen (secondary N) is 1. The summed E-state index contributed by atoms with van der Waals surface area (Å²) >= 11 is 0. The lowest BCUT2D eigenvalue weighted by molar-refractivity contribution is -0.0636. The number of hydrazine groups is 1. The third-order valence-electron chi connectivity index (χ3n) is 4.99. The SMILES string of the molecule is N#CC(NN)C12CC3CC(CC(C3)C1)C2. The Labute approximate surface area is 91.0 Å². The highest BCUT2D eigenvalue weighted by atomic mass is 15.2. The molecule has 0 amide bonds. The van der Waals surface area contributed by atoms with Gasteiger partial charge in [-0.25, -0.2) is 5.43 Å². The van der Waals surface area contributed by atoms with Gasteiger partial charge in [0.25, 0.3) is 0 Å². The van der Waals surface area contributed by atoms with Crippen molar-refractivity contribution in [2.24, 2.45) is 29.0 Å². The second-order valence-electron chi connectivity index (χ2n) is 6.01. The molecule has 0 aromatic heterocycles. The average Bonchev–Trinajstić information content (AvgIpc) is 2.16. The van der Waals surface area contributed by atoms with Crippen LogP contribution in [0.3, 0.4) is 0 Å². The first-order valence-electron chi connectivity index (χ1n) is 6.11. The minimum absolute atomic E-state index is 0.120. The molecule has 0 saturated heterocycles. The lowest BCUT2D eigenvalue weighted by Gasteiger charge is -2.58. The summed E-state index contributed by atoms with van der Waals surface area (Å²) in [5.74, 6) is 8.20. The summed E-state index contributed by atoms with van der Waals surface area (Å²) in [6.07, 6.45) is 7.97. The van der Waals surface area contributed by atoms with E-state index in [0.29, 0.717) is 0 Å². The maximum atomic E-state index is 9.19. The van der Waals surface area contributed by atoms with Crippen LogP contribution in [-0.4, -0.2) is 6.04 Å². The Balaban J connectivity index is 1.90. The average molecular weight is 205 g/mol. The van der Waals surface area contributed by atoms with Crippen LogP contribution in [-0.2, 0) is 0 Å². The molecule has 4 bridgehead atoms. The molecule has 0 aromatic rings. The van der Waals surface area contributed by atoms with Crippen LogP contribution < -0.4 is 11.3 Å². The summed E-state index contributed by atoms with van der Waals surface area (Å²) in [5, 5.41) is 9.19. The van der Waals surface area contributed by atoms with Gasteiger partial charge < -0.3 is 0 Å². The van der Waals surface area contributed by atoms with Crippen molar-refractivity contribution in [3.63, 3.8) is 0 Å². The van der Waals surface area contributed by atoms with Crippen molar-refractivity contribution >= 4 is 0 Å². The van der Waals surface area contributed by atoms with Gasteiger partial charge in [-0.2, -0.15) is 5.26 Å². The van der Waals surface area contributed by atoms with E-state index in [1.54, 1.807) is 0 Å². The smallest absolute Gasteiger partial charge is 0.113 e. The molecule has 0 aromatic carbocycles. The topological polar surface area (TPSA) is 61.8 Å². The molecule has 4 fully saturated rings. The van der Waals surface area contributed by atoms with Gasteiger partial charge in [-0.15, -0.1) is 0 Å². The molecule has 0 aliphatic heterocycles. The third kappa shape index (κ3) is 1.32. The first-order valence-corrected chi connectivity index (χ1v) is 6.11. The van der Waals surface area contributed by atoms with Crippen LogP contribution in [0.4, 0.5) is 0 Å². The lowest BCUT2D eigenvalue weighted by atomic mass is 9.48. The van der Waals surface area contributed by atoms with Gasteiger partial charge in [-0.05, 0) is 56.3 Å². The Morgan fingerprint density at radius 3 is 1.93 bits per heavy atom. The number of rotatable bonds is 2. The van der Waals surface area contributed by atoms with E-state index in [1.807, 2.05) is 0 Å². The standard InChI is InChI=1S/C12H19N3/c13-7-11(15-14)12-4-8-1-9(5-12)3-10(2-8)6-12/h8-11,15H,1-6,14H2. The molecule has 3 N–H and O–H groups in total. The zero-order chi connectivity index (χ0) is 10.5. The Morgan fingerprint density at radius 2 is 1.60 bits per heavy atom. The summed E-state index contributed by atoms with van der Waals surface area (Å²) in [4.78, 5) is 0. The van der Waals surface area contributed by atoms with E-state index < -0.39 is 0 Å². The van der Waals surface area contributed by atoms with Crippen molar-refractivity contribution in [1.82, 2.24) is 5.43 Å². The summed E-state index contributed by atoms with van der Waals surface area (Å²) in [5.41, 5.74) is 2.97. The van der Waals surface area contributed by atoms with Crippen LogP contribution >= 0.6 is 0 Å². The molecule has 4 rings (SSSR count). The van der Waals surface area contributed by atoms with E-state index in [0.717, 1.165) is 17.8 Å². The summed E-state index contributed by atoms with van der Waals surface area (Å²) in [7, 11) is 0. The molecule has 0 spiro atoms. The van der Waals surface area contributed by atoms with Crippen LogP contribution in [0.2, 0.25) is 0 Å². The van der Waals surface area contributed by atoms with Gasteiger partial charge in [0.1, 0.15) is 6.04 Å². The molecular formula is C12H19N3. The van der Waals surface area contributed by atoms with E-state index in [1.165, 1.54) is 38.5 Å². The van der Waals surface area contributed by atoms with E-state index in [2.05, 4.69) is 11.5 Å². The third-order valence-corrected chi connectivity index (χ3v) is 4.99. The molecule has 1 unspecified atom stereocenters. The van der Waals surface area contributed by atoms with Crippen molar-refractivity contribution < 1.29 is 0 Å². The Bertz CT molecular complexity index is 269. The van der Waals surface area contributed by atoms with E-state index >= 15 is 0 Å². The minimum Gasteiger partial charge on any atom is -0.270 e. The van der Waals surface area contributed by atoms with Crippen LogP contribution in [0.15, 0.2) is 0 Å². The molecule has 82 valence electrons. The van der Waals surface area contributed by atoms with E-state index in [4.69, 9.17) is 5.84 Å². The largest absolute Gasteiger partial charge is 0.270 e. The monoisotopic (exact) mass is 205 g/mol. The van der Waals surface area contributed by atoms with E-state index in [-0.39, 0.29) is 11.5 Å². The van der Waals surface area contributed by atoms with Gasteiger partial charge >= 0.3 is 0 Å². The predicted octanol–water partition coefficient (Wildman–Crippen LogP) is 1.56. The zero-order valence-electron chi connectivity index (χ0n) is 9.08. The van der Waals surface area contributed by atoms with Gasteiger partial charge in [0.2, 0.25) is 0 Å². The number of nitrogens with two attached hydrogens (primary N) is 1. The number of nitriles is 1. The van der Waals surface area contributed by atoms with Gasteiger partial charge in [-0.3, -0.25) is 5.84 Å². The molecule has 4 aliphatic carbocycles. The maximum absolute atomic E-state index is 9.19. The minimum atomic E-state index is -0.120. The highest BCUT2D eigenvalue weighted by Crippen LogP contribution is 2.61. The zero-order valence-corrected chi connectivity index (χ0v) is 9.08. The molecule has 3 heteroatoms. The van der Waals surface area contributed by atoms with Gasteiger partial charge in [0.15, 0.2) is 0 Å². The van der Waals surface area contributed by atoms with Crippen LogP contribution in [0.1, 0.15) is 38.5 Å². The van der Waals surface area contributed by atoms with Crippen molar-refractivity contribution in [2.45, 2.75) is 44.6 Å². The number of hydrogen-bond acceptors (Lipinski definition) is 3. The Morgan fingerprint density at radius 1 is 1.13 bits per heavy atom. The second-order valence-corrected chi connectivity index (χ2v) is 6.01. The summed E-state index contributed by atoms with van der Waals surface area (Å²) < 4.78 is 0. The number of hydrogen-bond donors (Lipinski definition) is 2. The van der Waals surface area contributed by atoms with Crippen molar-refractivity contribution in [1.29, 1.82) is 5.26 Å². The van der Waals surface area contributed by atoms with Crippen molar-refractivity contribution in [2.75, 3.05) is 0 Å². The number of nitrogens with zero attached hydrogens (tertiary/aromatic N) is 1. The molecule has 15 heavy (non-hydrogen) atoms. The molecular weight excluding hydrogens is 186 g/mol. The molecule has 1 atom stereocenters. The predicted molar refractivity (Wildman–Crippen MR) is 57.3 cm³/mol. The molecule has 3 nitrogen and oxygen atoms in total. The molecule has 0 radical (unpaired) electrons. The first-order chi connectivity index (χ1) is 7.25. The Kier molecular flexibility index (Phi) is 2.05. The van der Waals surface area contributed by atoms with Crippen LogP contribution in [0, 0.1) is 34.5 Å². The molecule has 0 heterocycles. The highest BCUT2D eigenvalue weighted by Gasteiger charge is 2.54. The van der Waals surface area contributed by atoms with Crippen molar-refractivity contribution in [3.05, 3.63) is 0 Å². The lowest BCUT2D eigenvalue weighted by Crippen LogP contribution is -2.56. The quantitative estimate of drug-likeness (QED) is 0.531. The Hall–Kier alpha value is -0.590. The summed E-state index contributed by atoms with van der Waals surface area (Å²) in [6, 6.07) is 2.25. The van der Waals surface area contributed by atoms with Gasteiger partial charge in [-0.1, -0.05) is 0 Å². The fourth-order valence-corrected chi connectivity index (χ4v) is 4.88. The fraction of sp³-hybridized carbons (Fsp3) is 0.917. The fourth-order valence-electron chi connectivity index (χ4n) is 4.88. The normalized spacial score (nSPS) is 48.9. The summed E-state index contributed by atoms with van der Waals surface area (Å²) in [6.45, 7) is 0. The highest BCUT2D eigenvalue weighted by molar-refractivity contribution is 5.11. The van der Waals surface area contributed by atoms with Gasteiger partial charge in [0, 0.05) is 5.41 Å². The second kappa shape index (κ2) is 3.20. The molecule has 4 aliphatic rings. The van der Waals surface area contributed by atoms with Crippen molar-refractivity contribution in [3.8, 4) is 6.07 Å². The maximum Gasteiger partial charge on any atom is 0.113 e. The van der Waals surface area contributed by atoms with Crippen LogP contribution in [0.5, 0.6) is 0 Å². The van der Waals surface area contributed by atoms with E-state index in [9.17, 15) is 5.26 Å². The first kappa shape index (κ1) is 9.62.